The Bertz CT molecular complexity index is 543. The largest absolute Gasteiger partial charge is 0.316 e. The first-order chi connectivity index (χ1) is 9.00. The summed E-state index contributed by atoms with van der Waals surface area (Å²) in [5.74, 6) is 0.321. The van der Waals surface area contributed by atoms with Crippen molar-refractivity contribution in [3.63, 3.8) is 0 Å². The van der Waals surface area contributed by atoms with Crippen molar-refractivity contribution in [2.45, 2.75) is 17.7 Å². The highest BCUT2D eigenvalue weighted by atomic mass is 35.5. The fourth-order valence-corrected chi connectivity index (χ4v) is 3.97. The molecule has 0 aliphatic carbocycles. The van der Waals surface area contributed by atoms with Gasteiger partial charge in [-0.05, 0) is 44.0 Å². The molecule has 2 N–H and O–H groups in total. The van der Waals surface area contributed by atoms with E-state index in [4.69, 9.17) is 23.2 Å². The van der Waals surface area contributed by atoms with E-state index in [2.05, 4.69) is 10.0 Å². The van der Waals surface area contributed by atoms with Crippen molar-refractivity contribution in [3.8, 4) is 0 Å². The van der Waals surface area contributed by atoms with Crippen LogP contribution in [-0.2, 0) is 10.0 Å². The summed E-state index contributed by atoms with van der Waals surface area (Å²) in [5, 5.41) is 3.56. The minimum Gasteiger partial charge on any atom is -0.316 e. The van der Waals surface area contributed by atoms with E-state index in [1.807, 2.05) is 0 Å². The minimum atomic E-state index is -3.61. The third-order valence-corrected chi connectivity index (χ3v) is 5.56. The average Bonchev–Trinajstić information content (AvgIpc) is 2.41. The molecule has 7 heteroatoms. The first-order valence-electron chi connectivity index (χ1n) is 6.15. The SMILES string of the molecule is O=S(=O)(NCC1CCCNC1)c1cccc(Cl)c1Cl. The molecule has 1 aromatic carbocycles. The molecular weight excluding hydrogens is 307 g/mol. The maximum Gasteiger partial charge on any atom is 0.242 e. The number of piperidine rings is 1. The molecule has 1 atom stereocenters. The Kier molecular flexibility index (Phi) is 5.09. The van der Waals surface area contributed by atoms with Crippen molar-refractivity contribution >= 4 is 33.2 Å². The molecule has 0 bridgehead atoms. The summed E-state index contributed by atoms with van der Waals surface area (Å²) in [5.41, 5.74) is 0. The first kappa shape index (κ1) is 15.1. The molecule has 1 aromatic rings. The Morgan fingerprint density at radius 3 is 2.84 bits per heavy atom. The fraction of sp³-hybridized carbons (Fsp3) is 0.500. The lowest BCUT2D eigenvalue weighted by atomic mass is 10.0. The van der Waals surface area contributed by atoms with Crippen LogP contribution in [0.4, 0.5) is 0 Å². The monoisotopic (exact) mass is 322 g/mol. The van der Waals surface area contributed by atoms with Gasteiger partial charge in [-0.25, -0.2) is 13.1 Å². The maximum atomic E-state index is 12.2. The van der Waals surface area contributed by atoms with Crippen molar-refractivity contribution in [2.75, 3.05) is 19.6 Å². The van der Waals surface area contributed by atoms with Crippen LogP contribution in [0.3, 0.4) is 0 Å². The van der Waals surface area contributed by atoms with Crippen LogP contribution in [0.5, 0.6) is 0 Å². The van der Waals surface area contributed by atoms with E-state index in [1.54, 1.807) is 12.1 Å². The second kappa shape index (κ2) is 6.41. The van der Waals surface area contributed by atoms with Gasteiger partial charge in [-0.15, -0.1) is 0 Å². The predicted molar refractivity (Wildman–Crippen MR) is 77.2 cm³/mol. The molecular formula is C12H16Cl2N2O2S. The number of hydrogen-bond acceptors (Lipinski definition) is 3. The molecule has 1 aliphatic rings. The third kappa shape index (κ3) is 3.83. The number of hydrogen-bond donors (Lipinski definition) is 2. The van der Waals surface area contributed by atoms with E-state index in [0.717, 1.165) is 25.9 Å². The fourth-order valence-electron chi connectivity index (χ4n) is 2.10. The topological polar surface area (TPSA) is 58.2 Å². The number of halogens is 2. The molecule has 0 amide bonds. The van der Waals surface area contributed by atoms with Crippen LogP contribution < -0.4 is 10.0 Å². The van der Waals surface area contributed by atoms with E-state index in [-0.39, 0.29) is 14.9 Å². The highest BCUT2D eigenvalue weighted by Gasteiger charge is 2.21. The standard InChI is InChI=1S/C12H16Cl2N2O2S/c13-10-4-1-5-11(12(10)14)19(17,18)16-8-9-3-2-6-15-7-9/h1,4-5,9,15-16H,2-3,6-8H2. The van der Waals surface area contributed by atoms with Crippen molar-refractivity contribution in [1.29, 1.82) is 0 Å². The molecule has 1 fully saturated rings. The van der Waals surface area contributed by atoms with Gasteiger partial charge in [-0.3, -0.25) is 0 Å². The quantitative estimate of drug-likeness (QED) is 0.894. The highest BCUT2D eigenvalue weighted by Crippen LogP contribution is 2.28. The van der Waals surface area contributed by atoms with Crippen LogP contribution in [0.1, 0.15) is 12.8 Å². The number of benzene rings is 1. The minimum absolute atomic E-state index is 0.0328. The summed E-state index contributed by atoms with van der Waals surface area (Å²) < 4.78 is 26.9. The smallest absolute Gasteiger partial charge is 0.242 e. The average molecular weight is 323 g/mol. The van der Waals surface area contributed by atoms with Gasteiger partial charge < -0.3 is 5.32 Å². The van der Waals surface area contributed by atoms with Crippen molar-refractivity contribution in [1.82, 2.24) is 10.0 Å². The lowest BCUT2D eigenvalue weighted by Crippen LogP contribution is -2.38. The van der Waals surface area contributed by atoms with Gasteiger partial charge in [0.05, 0.1) is 10.0 Å². The van der Waals surface area contributed by atoms with Gasteiger partial charge in [0.15, 0.2) is 0 Å². The lowest BCUT2D eigenvalue weighted by molar-refractivity contribution is 0.376. The zero-order valence-corrected chi connectivity index (χ0v) is 12.7. The molecule has 0 spiro atoms. The summed E-state index contributed by atoms with van der Waals surface area (Å²) in [6, 6.07) is 4.59. The van der Waals surface area contributed by atoms with Gasteiger partial charge in [0.25, 0.3) is 0 Å². The zero-order chi connectivity index (χ0) is 13.9. The zero-order valence-electron chi connectivity index (χ0n) is 10.3. The highest BCUT2D eigenvalue weighted by molar-refractivity contribution is 7.89. The van der Waals surface area contributed by atoms with Crippen LogP contribution >= 0.6 is 23.2 Å². The van der Waals surface area contributed by atoms with Gasteiger partial charge in [0.2, 0.25) is 10.0 Å². The number of rotatable bonds is 4. The van der Waals surface area contributed by atoms with Gasteiger partial charge in [-0.2, -0.15) is 0 Å². The molecule has 4 nitrogen and oxygen atoms in total. The number of nitrogens with one attached hydrogen (secondary N) is 2. The van der Waals surface area contributed by atoms with Crippen LogP contribution in [0, 0.1) is 5.92 Å². The Labute approximate surface area is 123 Å². The Morgan fingerprint density at radius 2 is 2.16 bits per heavy atom. The second-order valence-corrected chi connectivity index (χ2v) is 7.14. The van der Waals surface area contributed by atoms with E-state index in [9.17, 15) is 8.42 Å². The van der Waals surface area contributed by atoms with Gasteiger partial charge in [0.1, 0.15) is 4.90 Å². The van der Waals surface area contributed by atoms with Crippen molar-refractivity contribution in [3.05, 3.63) is 28.2 Å². The summed E-state index contributed by atoms with van der Waals surface area (Å²) in [6.07, 6.45) is 2.10. The van der Waals surface area contributed by atoms with Gasteiger partial charge in [0, 0.05) is 6.54 Å². The Balaban J connectivity index is 2.07. The van der Waals surface area contributed by atoms with Crippen LogP contribution in [0.2, 0.25) is 10.0 Å². The van der Waals surface area contributed by atoms with E-state index in [1.165, 1.54) is 6.07 Å². The maximum absolute atomic E-state index is 12.2. The Hall–Kier alpha value is -0.330. The summed E-state index contributed by atoms with van der Waals surface area (Å²) >= 11 is 11.8. The van der Waals surface area contributed by atoms with Crippen molar-refractivity contribution < 1.29 is 8.42 Å². The molecule has 1 saturated heterocycles. The number of sulfonamides is 1. The molecule has 1 aliphatic heterocycles. The van der Waals surface area contributed by atoms with Crippen molar-refractivity contribution in [2.24, 2.45) is 5.92 Å². The summed E-state index contributed by atoms with van der Waals surface area (Å²) in [7, 11) is -3.61. The van der Waals surface area contributed by atoms with Crippen LogP contribution in [-0.4, -0.2) is 28.1 Å². The lowest BCUT2D eigenvalue weighted by Gasteiger charge is -2.23. The molecule has 0 saturated carbocycles. The van der Waals surface area contributed by atoms with Crippen LogP contribution in [0.15, 0.2) is 23.1 Å². The van der Waals surface area contributed by atoms with E-state index >= 15 is 0 Å². The molecule has 0 aromatic heterocycles. The normalized spacial score (nSPS) is 20.4. The predicted octanol–water partition coefficient (Wildman–Crippen LogP) is 2.27. The molecule has 1 heterocycles. The van der Waals surface area contributed by atoms with E-state index in [0.29, 0.717) is 12.5 Å². The third-order valence-electron chi connectivity index (χ3n) is 3.17. The van der Waals surface area contributed by atoms with E-state index < -0.39 is 10.0 Å². The van der Waals surface area contributed by atoms with Gasteiger partial charge in [-0.1, -0.05) is 29.3 Å². The van der Waals surface area contributed by atoms with Crippen LogP contribution in [0.25, 0.3) is 0 Å². The molecule has 2 rings (SSSR count). The molecule has 0 radical (unpaired) electrons. The summed E-state index contributed by atoms with van der Waals surface area (Å²) in [4.78, 5) is 0.0328. The molecule has 1 unspecified atom stereocenters. The Morgan fingerprint density at radius 1 is 1.37 bits per heavy atom. The summed E-state index contributed by atoms with van der Waals surface area (Å²) in [6.45, 7) is 2.26. The first-order valence-corrected chi connectivity index (χ1v) is 8.39. The molecule has 106 valence electrons. The second-order valence-electron chi connectivity index (χ2n) is 4.62. The van der Waals surface area contributed by atoms with Gasteiger partial charge >= 0.3 is 0 Å². The molecule has 19 heavy (non-hydrogen) atoms.